The van der Waals surface area contributed by atoms with E-state index < -0.39 is 0 Å². The van der Waals surface area contributed by atoms with Crippen LogP contribution in [0, 0.1) is 18.8 Å². The molecule has 128 valence electrons. The SMILES string of the molecule is Cc1csc(CNC(=O)N2CCCC2C2CC(C)CCC2O)c1. The number of amides is 2. The normalized spacial score (nSPS) is 31.3. The van der Waals surface area contributed by atoms with E-state index in [0.717, 1.165) is 38.6 Å². The third-order valence-corrected chi connectivity index (χ3v) is 6.43. The van der Waals surface area contributed by atoms with Crippen molar-refractivity contribution >= 4 is 17.4 Å². The zero-order chi connectivity index (χ0) is 16.4. The molecule has 0 aromatic carbocycles. The van der Waals surface area contributed by atoms with E-state index in [4.69, 9.17) is 0 Å². The summed E-state index contributed by atoms with van der Waals surface area (Å²) in [6, 6.07) is 2.36. The summed E-state index contributed by atoms with van der Waals surface area (Å²) in [5.41, 5.74) is 1.25. The van der Waals surface area contributed by atoms with Crippen LogP contribution in [0.15, 0.2) is 11.4 Å². The molecule has 1 aliphatic carbocycles. The lowest BCUT2D eigenvalue weighted by Gasteiger charge is -2.39. The number of carbonyl (C=O) groups excluding carboxylic acids is 1. The van der Waals surface area contributed by atoms with Gasteiger partial charge in [-0.15, -0.1) is 11.3 Å². The number of aliphatic hydroxyl groups is 1. The van der Waals surface area contributed by atoms with Crippen LogP contribution in [-0.2, 0) is 6.54 Å². The van der Waals surface area contributed by atoms with E-state index in [0.29, 0.717) is 12.5 Å². The highest BCUT2D eigenvalue weighted by Crippen LogP contribution is 2.37. The van der Waals surface area contributed by atoms with Crippen molar-refractivity contribution in [1.29, 1.82) is 0 Å². The number of aryl methyl sites for hydroxylation is 1. The van der Waals surface area contributed by atoms with Crippen LogP contribution in [0.3, 0.4) is 0 Å². The van der Waals surface area contributed by atoms with Crippen molar-refractivity contribution in [2.24, 2.45) is 11.8 Å². The first kappa shape index (κ1) is 16.8. The summed E-state index contributed by atoms with van der Waals surface area (Å²) < 4.78 is 0. The van der Waals surface area contributed by atoms with Crippen LogP contribution in [0.2, 0.25) is 0 Å². The van der Waals surface area contributed by atoms with Gasteiger partial charge in [0, 0.05) is 23.4 Å². The molecule has 3 rings (SSSR count). The number of urea groups is 1. The van der Waals surface area contributed by atoms with Gasteiger partial charge in [0.05, 0.1) is 12.6 Å². The van der Waals surface area contributed by atoms with E-state index in [2.05, 4.69) is 30.6 Å². The molecule has 0 spiro atoms. The number of hydrogen-bond acceptors (Lipinski definition) is 3. The van der Waals surface area contributed by atoms with Gasteiger partial charge in [-0.3, -0.25) is 0 Å². The van der Waals surface area contributed by atoms with Crippen molar-refractivity contribution in [1.82, 2.24) is 10.2 Å². The first-order chi connectivity index (χ1) is 11.0. The molecule has 1 saturated heterocycles. The monoisotopic (exact) mass is 336 g/mol. The van der Waals surface area contributed by atoms with Gasteiger partial charge in [0.2, 0.25) is 0 Å². The molecular formula is C18H28N2O2S. The summed E-state index contributed by atoms with van der Waals surface area (Å²) in [4.78, 5) is 15.8. The fourth-order valence-electron chi connectivity index (χ4n) is 4.16. The Balaban J connectivity index is 1.60. The summed E-state index contributed by atoms with van der Waals surface area (Å²) >= 11 is 1.69. The van der Waals surface area contributed by atoms with Crippen LogP contribution < -0.4 is 5.32 Å². The van der Waals surface area contributed by atoms with E-state index in [-0.39, 0.29) is 24.1 Å². The third-order valence-electron chi connectivity index (χ3n) is 5.38. The molecule has 1 aromatic heterocycles. The first-order valence-electron chi connectivity index (χ1n) is 8.81. The number of likely N-dealkylation sites (tertiary alicyclic amines) is 1. The quantitative estimate of drug-likeness (QED) is 0.887. The molecule has 1 saturated carbocycles. The first-order valence-corrected chi connectivity index (χ1v) is 9.69. The van der Waals surface area contributed by atoms with Crippen LogP contribution in [0.25, 0.3) is 0 Å². The molecule has 23 heavy (non-hydrogen) atoms. The van der Waals surface area contributed by atoms with E-state index in [9.17, 15) is 9.90 Å². The number of aliphatic hydroxyl groups excluding tert-OH is 1. The average molecular weight is 337 g/mol. The summed E-state index contributed by atoms with van der Waals surface area (Å²) in [6.45, 7) is 5.75. The Hall–Kier alpha value is -1.07. The fourth-order valence-corrected chi connectivity index (χ4v) is 4.97. The second-order valence-corrected chi connectivity index (χ2v) is 8.30. The van der Waals surface area contributed by atoms with Gasteiger partial charge in [-0.25, -0.2) is 4.79 Å². The molecule has 0 bridgehead atoms. The topological polar surface area (TPSA) is 52.6 Å². The summed E-state index contributed by atoms with van der Waals surface area (Å²) in [5, 5.41) is 15.6. The average Bonchev–Trinajstić information content (AvgIpc) is 3.16. The minimum absolute atomic E-state index is 0.0315. The predicted molar refractivity (Wildman–Crippen MR) is 93.5 cm³/mol. The molecule has 1 aromatic rings. The minimum Gasteiger partial charge on any atom is -0.393 e. The molecule has 2 amide bonds. The summed E-state index contributed by atoms with van der Waals surface area (Å²) in [7, 11) is 0. The molecule has 5 heteroatoms. The van der Waals surface area contributed by atoms with Crippen molar-refractivity contribution in [3.8, 4) is 0 Å². The zero-order valence-electron chi connectivity index (χ0n) is 14.1. The molecule has 1 aliphatic heterocycles. The van der Waals surface area contributed by atoms with Crippen LogP contribution in [0.5, 0.6) is 0 Å². The highest BCUT2D eigenvalue weighted by Gasteiger charge is 2.40. The maximum atomic E-state index is 12.6. The molecule has 2 N–H and O–H groups in total. The van der Waals surface area contributed by atoms with Gasteiger partial charge in [-0.1, -0.05) is 6.92 Å². The van der Waals surface area contributed by atoms with Gasteiger partial charge < -0.3 is 15.3 Å². The van der Waals surface area contributed by atoms with E-state index >= 15 is 0 Å². The molecule has 4 unspecified atom stereocenters. The van der Waals surface area contributed by atoms with Crippen LogP contribution >= 0.6 is 11.3 Å². The van der Waals surface area contributed by atoms with Crippen molar-refractivity contribution in [2.45, 2.75) is 64.6 Å². The highest BCUT2D eigenvalue weighted by molar-refractivity contribution is 7.10. The Labute approximate surface area is 142 Å². The standard InChI is InChI=1S/C18H28N2O2S/c1-12-5-6-17(21)15(9-12)16-4-3-7-20(16)18(22)19-10-14-8-13(2)11-23-14/h8,11-12,15-17,21H,3-7,9-10H2,1-2H3,(H,19,22). The molecular weight excluding hydrogens is 308 g/mol. The highest BCUT2D eigenvalue weighted by atomic mass is 32.1. The number of nitrogens with zero attached hydrogens (tertiary/aromatic N) is 1. The van der Waals surface area contributed by atoms with Crippen molar-refractivity contribution in [3.63, 3.8) is 0 Å². The van der Waals surface area contributed by atoms with Crippen molar-refractivity contribution in [3.05, 3.63) is 21.9 Å². The summed E-state index contributed by atoms with van der Waals surface area (Å²) in [6.07, 6.45) is 4.86. The van der Waals surface area contributed by atoms with E-state index in [1.165, 1.54) is 10.4 Å². The molecule has 2 heterocycles. The largest absolute Gasteiger partial charge is 0.393 e. The number of rotatable bonds is 3. The number of carbonyl (C=O) groups is 1. The smallest absolute Gasteiger partial charge is 0.317 e. The van der Waals surface area contributed by atoms with Gasteiger partial charge in [0.25, 0.3) is 0 Å². The van der Waals surface area contributed by atoms with Gasteiger partial charge in [-0.05, 0) is 62.0 Å². The van der Waals surface area contributed by atoms with Gasteiger partial charge in [-0.2, -0.15) is 0 Å². The third kappa shape index (κ3) is 3.89. The second kappa shape index (κ2) is 7.22. The predicted octanol–water partition coefficient (Wildman–Crippen LogP) is 3.53. The number of hydrogen-bond donors (Lipinski definition) is 2. The molecule has 4 atom stereocenters. The molecule has 0 radical (unpaired) electrons. The minimum atomic E-state index is -0.246. The van der Waals surface area contributed by atoms with Crippen LogP contribution in [0.1, 0.15) is 49.5 Å². The Kier molecular flexibility index (Phi) is 5.27. The maximum Gasteiger partial charge on any atom is 0.317 e. The lowest BCUT2D eigenvalue weighted by molar-refractivity contribution is 0.0153. The summed E-state index contributed by atoms with van der Waals surface area (Å²) in [5.74, 6) is 0.902. The van der Waals surface area contributed by atoms with Gasteiger partial charge in [0.1, 0.15) is 0 Å². The van der Waals surface area contributed by atoms with E-state index in [1.54, 1.807) is 11.3 Å². The maximum absolute atomic E-state index is 12.6. The second-order valence-electron chi connectivity index (χ2n) is 7.30. The lowest BCUT2D eigenvalue weighted by Crippen LogP contribution is -2.49. The Bertz CT molecular complexity index is 545. The zero-order valence-corrected chi connectivity index (χ0v) is 14.9. The van der Waals surface area contributed by atoms with Gasteiger partial charge >= 0.3 is 6.03 Å². The van der Waals surface area contributed by atoms with E-state index in [1.807, 2.05) is 4.90 Å². The molecule has 2 fully saturated rings. The van der Waals surface area contributed by atoms with Crippen LogP contribution in [0.4, 0.5) is 4.79 Å². The Morgan fingerprint density at radius 2 is 2.26 bits per heavy atom. The number of nitrogens with one attached hydrogen (secondary N) is 1. The molecule has 2 aliphatic rings. The van der Waals surface area contributed by atoms with Crippen LogP contribution in [-0.4, -0.2) is 34.7 Å². The molecule has 4 nitrogen and oxygen atoms in total. The fraction of sp³-hybridized carbons (Fsp3) is 0.722. The lowest BCUT2D eigenvalue weighted by atomic mass is 9.76. The van der Waals surface area contributed by atoms with Crippen molar-refractivity contribution < 1.29 is 9.90 Å². The van der Waals surface area contributed by atoms with Crippen molar-refractivity contribution in [2.75, 3.05) is 6.54 Å². The Morgan fingerprint density at radius 1 is 1.43 bits per heavy atom. The number of thiophene rings is 1. The van der Waals surface area contributed by atoms with Gasteiger partial charge in [0.15, 0.2) is 0 Å². The Morgan fingerprint density at radius 3 is 3.00 bits per heavy atom.